The van der Waals surface area contributed by atoms with Crippen LogP contribution in [-0.2, 0) is 19.1 Å². The highest BCUT2D eigenvalue weighted by Crippen LogP contribution is 2.14. The van der Waals surface area contributed by atoms with E-state index < -0.39 is 0 Å². The molecule has 0 N–H and O–H groups in total. The van der Waals surface area contributed by atoms with E-state index in [-0.39, 0.29) is 11.9 Å². The highest BCUT2D eigenvalue weighted by atomic mass is 127. The number of rotatable bonds is 23. The second kappa shape index (κ2) is 25.7. The molecule has 0 atom stereocenters. The van der Waals surface area contributed by atoms with Crippen LogP contribution in [0, 0.1) is 0 Å². The molecule has 0 fully saturated rings. The lowest BCUT2D eigenvalue weighted by Gasteiger charge is -2.05. The minimum Gasteiger partial charge on any atom is -0.465 e. The number of hydrogen-bond acceptors (Lipinski definition) is 4. The molecule has 0 unspecified atom stereocenters. The Kier molecular flexibility index (Phi) is 26.0. The lowest BCUT2D eigenvalue weighted by molar-refractivity contribution is -0.141. The summed E-state index contributed by atoms with van der Waals surface area (Å²) in [6, 6.07) is 0. The summed E-state index contributed by atoms with van der Waals surface area (Å²) in [4.78, 5) is 22.0. The van der Waals surface area contributed by atoms with Crippen LogP contribution < -0.4 is 0 Å². The number of ether oxygens (including phenoxy) is 2. The van der Waals surface area contributed by atoms with E-state index in [9.17, 15) is 9.59 Å². The molecule has 0 aromatic rings. The van der Waals surface area contributed by atoms with Crippen molar-refractivity contribution in [2.24, 2.45) is 0 Å². The Labute approximate surface area is 212 Å². The zero-order valence-electron chi connectivity index (χ0n) is 18.9. The molecule has 0 aromatic carbocycles. The summed E-state index contributed by atoms with van der Waals surface area (Å²) < 4.78 is 11.1. The van der Waals surface area contributed by atoms with Gasteiger partial charge in [-0.15, -0.1) is 0 Å². The lowest BCUT2D eigenvalue weighted by Crippen LogP contribution is -2.06. The Morgan fingerprint density at radius 3 is 0.800 bits per heavy atom. The van der Waals surface area contributed by atoms with Crippen LogP contribution in [0.2, 0.25) is 0 Å². The van der Waals surface area contributed by atoms with Crippen LogP contribution in [-0.4, -0.2) is 34.0 Å². The largest absolute Gasteiger partial charge is 0.465 e. The van der Waals surface area contributed by atoms with E-state index in [1.165, 1.54) is 103 Å². The first-order chi connectivity index (χ1) is 14.7. The van der Waals surface area contributed by atoms with Crippen LogP contribution in [0.5, 0.6) is 0 Å². The molecule has 0 saturated heterocycles. The van der Waals surface area contributed by atoms with Gasteiger partial charge in [0, 0.05) is 0 Å². The quantitative estimate of drug-likeness (QED) is 0.0488. The highest BCUT2D eigenvalue weighted by Gasteiger charge is 1.99. The van der Waals surface area contributed by atoms with Gasteiger partial charge in [-0.2, -0.15) is 0 Å². The Hall–Kier alpha value is 0.400. The molecule has 0 saturated carbocycles. The molecule has 0 radical (unpaired) electrons. The average molecular weight is 650 g/mol. The van der Waals surface area contributed by atoms with Crippen molar-refractivity contribution < 1.29 is 19.1 Å². The fourth-order valence-electron chi connectivity index (χ4n) is 3.48. The lowest BCUT2D eigenvalue weighted by atomic mass is 10.0. The zero-order valence-corrected chi connectivity index (χ0v) is 23.3. The topological polar surface area (TPSA) is 52.6 Å². The van der Waals surface area contributed by atoms with Gasteiger partial charge in [0.2, 0.25) is 0 Å². The maximum atomic E-state index is 11.0. The molecule has 0 spiro atoms. The predicted octanol–water partition coefficient (Wildman–Crippen LogP) is 7.96. The van der Waals surface area contributed by atoms with Crippen molar-refractivity contribution in [3.8, 4) is 0 Å². The minimum absolute atomic E-state index is 0.0877. The van der Waals surface area contributed by atoms with Crippen molar-refractivity contribution in [3.05, 3.63) is 0 Å². The number of hydrogen-bond donors (Lipinski definition) is 0. The van der Waals surface area contributed by atoms with Gasteiger partial charge in [0.15, 0.2) is 0 Å². The molecule has 0 aromatic heterocycles. The first kappa shape index (κ1) is 30.4. The second-order valence-electron chi connectivity index (χ2n) is 8.07. The number of unbranched alkanes of at least 4 members (excludes halogenated alkanes) is 17. The van der Waals surface area contributed by atoms with Crippen molar-refractivity contribution in [2.75, 3.05) is 22.1 Å². The summed E-state index contributed by atoms with van der Waals surface area (Å²) in [5.41, 5.74) is 0. The van der Waals surface area contributed by atoms with E-state index >= 15 is 0 Å². The van der Waals surface area contributed by atoms with Gasteiger partial charge in [-0.25, -0.2) is 0 Å². The van der Waals surface area contributed by atoms with Crippen LogP contribution in [0.15, 0.2) is 0 Å². The number of carbonyl (C=O) groups excluding carboxylic acids is 2. The second-order valence-corrected chi connectivity index (χ2v) is 9.60. The van der Waals surface area contributed by atoms with Crippen molar-refractivity contribution in [2.45, 2.75) is 116 Å². The third kappa shape index (κ3) is 24.7. The first-order valence-corrected chi connectivity index (χ1v) is 15.2. The van der Waals surface area contributed by atoms with Crippen LogP contribution in [0.4, 0.5) is 0 Å². The van der Waals surface area contributed by atoms with Crippen molar-refractivity contribution >= 4 is 57.1 Å². The third-order valence-electron chi connectivity index (χ3n) is 5.28. The molecule has 0 aliphatic heterocycles. The fourth-order valence-corrected chi connectivity index (χ4v) is 3.92. The maximum Gasteiger partial charge on any atom is 0.315 e. The monoisotopic (exact) mass is 650 g/mol. The Morgan fingerprint density at radius 1 is 0.400 bits per heavy atom. The van der Waals surface area contributed by atoms with Crippen LogP contribution in [0.3, 0.4) is 0 Å². The number of halogens is 2. The smallest absolute Gasteiger partial charge is 0.315 e. The van der Waals surface area contributed by atoms with Gasteiger partial charge < -0.3 is 9.47 Å². The number of alkyl halides is 2. The first-order valence-electron chi connectivity index (χ1n) is 12.1. The molecule has 0 rings (SSSR count). The van der Waals surface area contributed by atoms with Gasteiger partial charge in [0.1, 0.15) is 0 Å². The Balaban J connectivity index is 3.05. The molecule has 0 aliphatic carbocycles. The number of carbonyl (C=O) groups is 2. The van der Waals surface area contributed by atoms with E-state index in [1.54, 1.807) is 0 Å². The van der Waals surface area contributed by atoms with Gasteiger partial charge in [0.25, 0.3) is 0 Å². The summed E-state index contributed by atoms with van der Waals surface area (Å²) in [6.45, 7) is 1.19. The predicted molar refractivity (Wildman–Crippen MR) is 143 cm³/mol. The van der Waals surface area contributed by atoms with E-state index in [0.29, 0.717) is 22.1 Å². The summed E-state index contributed by atoms with van der Waals surface area (Å²) >= 11 is 4.08. The third-order valence-corrected chi connectivity index (χ3v) is 6.53. The molecule has 0 heterocycles. The summed E-state index contributed by atoms with van der Waals surface area (Å²) in [5, 5.41) is 0. The normalized spacial score (nSPS) is 10.9. The minimum atomic E-state index is -0.0877. The van der Waals surface area contributed by atoms with E-state index in [4.69, 9.17) is 9.47 Å². The highest BCUT2D eigenvalue weighted by molar-refractivity contribution is 14.1. The van der Waals surface area contributed by atoms with Gasteiger partial charge in [-0.3, -0.25) is 9.59 Å². The van der Waals surface area contributed by atoms with Crippen LogP contribution in [0.1, 0.15) is 116 Å². The molecular formula is C24H44I2O4. The van der Waals surface area contributed by atoms with Gasteiger partial charge in [-0.1, -0.05) is 148 Å². The summed E-state index contributed by atoms with van der Waals surface area (Å²) in [6.07, 6.45) is 23.4. The van der Waals surface area contributed by atoms with Gasteiger partial charge in [-0.05, 0) is 12.8 Å². The summed E-state index contributed by atoms with van der Waals surface area (Å²) in [7, 11) is 0. The van der Waals surface area contributed by atoms with Crippen LogP contribution >= 0.6 is 45.2 Å². The van der Waals surface area contributed by atoms with E-state index in [1.807, 2.05) is 45.2 Å². The molecule has 0 bridgehead atoms. The Morgan fingerprint density at radius 2 is 0.600 bits per heavy atom. The maximum absolute atomic E-state index is 11.0. The van der Waals surface area contributed by atoms with E-state index in [0.717, 1.165) is 12.8 Å². The van der Waals surface area contributed by atoms with Gasteiger partial charge in [0.05, 0.1) is 22.1 Å². The molecule has 0 amide bonds. The molecular weight excluding hydrogens is 606 g/mol. The fraction of sp³-hybridized carbons (Fsp3) is 0.917. The zero-order chi connectivity index (χ0) is 22.1. The van der Waals surface area contributed by atoms with Crippen molar-refractivity contribution in [1.29, 1.82) is 0 Å². The van der Waals surface area contributed by atoms with Gasteiger partial charge >= 0.3 is 11.9 Å². The molecule has 4 nitrogen and oxygen atoms in total. The molecule has 0 aliphatic rings. The molecule has 178 valence electrons. The average Bonchev–Trinajstić information content (AvgIpc) is 2.76. The van der Waals surface area contributed by atoms with Crippen molar-refractivity contribution in [1.82, 2.24) is 0 Å². The van der Waals surface area contributed by atoms with Crippen molar-refractivity contribution in [3.63, 3.8) is 0 Å². The number of esters is 2. The van der Waals surface area contributed by atoms with Crippen LogP contribution in [0.25, 0.3) is 0 Å². The standard InChI is InChI=1S/C24H44I2O4/c25-21-23(27)29-19-17-15-13-11-9-7-5-3-1-2-4-6-8-10-12-14-16-18-20-30-24(28)22-26/h1-22H2. The Bertz CT molecular complexity index is 355. The van der Waals surface area contributed by atoms with E-state index in [2.05, 4.69) is 0 Å². The SMILES string of the molecule is O=C(CI)OCCCCCCCCCCCCCCCCCCCCOC(=O)CI. The molecule has 30 heavy (non-hydrogen) atoms. The molecule has 6 heteroatoms. The summed E-state index contributed by atoms with van der Waals surface area (Å²) in [5.74, 6) is -0.175.